The summed E-state index contributed by atoms with van der Waals surface area (Å²) in [6, 6.07) is 5.65. The second kappa shape index (κ2) is 8.35. The van der Waals surface area contributed by atoms with E-state index in [-0.39, 0.29) is 23.0 Å². The van der Waals surface area contributed by atoms with Crippen molar-refractivity contribution >= 4 is 25.7 Å². The fourth-order valence-corrected chi connectivity index (χ4v) is 3.25. The third kappa shape index (κ3) is 5.59. The van der Waals surface area contributed by atoms with E-state index >= 15 is 0 Å². The number of carbonyl (C=O) groups excluding carboxylic acids is 1. The highest BCUT2D eigenvalue weighted by atomic mass is 28.4. The number of non-ortho nitro benzene ring substituents is 1. The zero-order valence-corrected chi connectivity index (χ0v) is 17.0. The molecule has 0 heterocycles. The van der Waals surface area contributed by atoms with Crippen molar-refractivity contribution in [3.63, 3.8) is 0 Å². The van der Waals surface area contributed by atoms with Crippen LogP contribution in [0, 0.1) is 10.1 Å². The number of ether oxygens (including phenoxy) is 1. The van der Waals surface area contributed by atoms with Crippen molar-refractivity contribution in [2.45, 2.75) is 58.5 Å². The van der Waals surface area contributed by atoms with Crippen molar-refractivity contribution in [1.82, 2.24) is 0 Å². The maximum absolute atomic E-state index is 12.2. The highest BCUT2D eigenvalue weighted by Gasteiger charge is 2.42. The first-order valence-electron chi connectivity index (χ1n) is 8.19. The van der Waals surface area contributed by atoms with Gasteiger partial charge in [-0.15, -0.1) is 0 Å². The predicted octanol–water partition coefficient (Wildman–Crippen LogP) is 3.72. The molecule has 1 aromatic rings. The van der Waals surface area contributed by atoms with Crippen LogP contribution in [0.4, 0.5) is 5.69 Å². The molecule has 0 N–H and O–H groups in total. The first-order chi connectivity index (χ1) is 11.9. The van der Waals surface area contributed by atoms with E-state index in [1.165, 1.54) is 24.3 Å². The molecule has 0 aliphatic carbocycles. The highest BCUT2D eigenvalue weighted by molar-refractivity contribution is 6.74. The molecule has 8 nitrogen and oxygen atoms in total. The van der Waals surface area contributed by atoms with E-state index in [0.29, 0.717) is 5.56 Å². The minimum atomic E-state index is -2.16. The van der Waals surface area contributed by atoms with Crippen molar-refractivity contribution < 1.29 is 23.7 Å². The molecule has 0 fully saturated rings. The Balaban J connectivity index is 2.74. The Bertz CT molecular complexity index is 719. The molecule has 0 saturated carbocycles. The third-order valence-corrected chi connectivity index (χ3v) is 9.05. The fraction of sp³-hybridized carbons (Fsp3) is 0.529. The smallest absolute Gasteiger partial charge is 0.420 e. The Hall–Kier alpha value is -2.35. The summed E-state index contributed by atoms with van der Waals surface area (Å²) in [6.07, 6.45) is -0.717. The van der Waals surface area contributed by atoms with E-state index in [2.05, 4.69) is 25.6 Å². The number of hydrogen-bond donors (Lipinski definition) is 0. The molecule has 0 amide bonds. The predicted molar refractivity (Wildman–Crippen MR) is 99.3 cm³/mol. The van der Waals surface area contributed by atoms with Crippen LogP contribution in [0.15, 0.2) is 24.3 Å². The number of carbonyl (C=O) groups is 1. The lowest BCUT2D eigenvalue weighted by atomic mass is 10.2. The summed E-state index contributed by atoms with van der Waals surface area (Å²) >= 11 is 0. The SMILES string of the molecule is CC(O[Si](C)(C)C(C)(C)C)C(=[N+]=[N-])C(=O)OCc1ccc([N+](=O)[O-])cc1. The van der Waals surface area contributed by atoms with E-state index in [9.17, 15) is 20.4 Å². The van der Waals surface area contributed by atoms with E-state index < -0.39 is 25.3 Å². The second-order valence-corrected chi connectivity index (χ2v) is 12.3. The summed E-state index contributed by atoms with van der Waals surface area (Å²) in [4.78, 5) is 25.4. The van der Waals surface area contributed by atoms with Gasteiger partial charge in [-0.25, -0.2) is 4.79 Å². The molecule has 1 unspecified atom stereocenters. The van der Waals surface area contributed by atoms with Gasteiger partial charge in [0.25, 0.3) is 5.69 Å². The number of benzene rings is 1. The topological polar surface area (TPSA) is 115 Å². The van der Waals surface area contributed by atoms with Crippen molar-refractivity contribution in [3.8, 4) is 0 Å². The van der Waals surface area contributed by atoms with Gasteiger partial charge >= 0.3 is 11.7 Å². The lowest BCUT2D eigenvalue weighted by Gasteiger charge is -2.37. The zero-order valence-electron chi connectivity index (χ0n) is 16.0. The number of esters is 1. The molecule has 0 saturated heterocycles. The van der Waals surface area contributed by atoms with Gasteiger partial charge in [0.15, 0.2) is 14.4 Å². The molecule has 0 radical (unpaired) electrons. The Labute approximate surface area is 154 Å². The average molecular weight is 379 g/mol. The molecule has 0 aromatic heterocycles. The molecule has 1 aromatic carbocycles. The minimum absolute atomic E-state index is 0.0471. The molecule has 1 rings (SSSR count). The van der Waals surface area contributed by atoms with Crippen LogP contribution in [0.3, 0.4) is 0 Å². The monoisotopic (exact) mass is 379 g/mol. The number of nitro groups is 1. The maximum atomic E-state index is 12.2. The molecule has 0 bridgehead atoms. The van der Waals surface area contributed by atoms with Gasteiger partial charge < -0.3 is 14.7 Å². The normalized spacial score (nSPS) is 12.8. The average Bonchev–Trinajstić information content (AvgIpc) is 2.52. The summed E-state index contributed by atoms with van der Waals surface area (Å²) in [6.45, 7) is 11.8. The first-order valence-corrected chi connectivity index (χ1v) is 11.1. The summed E-state index contributed by atoms with van der Waals surface area (Å²) in [5.41, 5.74) is 9.53. The summed E-state index contributed by atoms with van der Waals surface area (Å²) in [5, 5.41) is 10.6. The molecule has 142 valence electrons. The van der Waals surface area contributed by atoms with Crippen molar-refractivity contribution in [2.75, 3.05) is 0 Å². The largest absolute Gasteiger partial charge is 0.452 e. The van der Waals surface area contributed by atoms with Crippen LogP contribution in [-0.2, 0) is 20.6 Å². The lowest BCUT2D eigenvalue weighted by molar-refractivity contribution is -0.384. The van der Waals surface area contributed by atoms with Crippen molar-refractivity contribution in [2.24, 2.45) is 0 Å². The van der Waals surface area contributed by atoms with Gasteiger partial charge in [0, 0.05) is 12.1 Å². The van der Waals surface area contributed by atoms with Crippen molar-refractivity contribution in [3.05, 3.63) is 45.5 Å². The van der Waals surface area contributed by atoms with Crippen LogP contribution in [0.2, 0.25) is 18.1 Å². The third-order valence-electron chi connectivity index (χ3n) is 4.50. The van der Waals surface area contributed by atoms with Gasteiger partial charge in [0.05, 0.1) is 4.92 Å². The maximum Gasteiger partial charge on any atom is 0.420 e. The molecule has 9 heteroatoms. The Morgan fingerprint density at radius 3 is 2.27 bits per heavy atom. The summed E-state index contributed by atoms with van der Waals surface area (Å²) in [5.74, 6) is -0.794. The molecular formula is C17H25N3O5Si. The van der Waals surface area contributed by atoms with E-state index in [4.69, 9.17) is 9.16 Å². The summed E-state index contributed by atoms with van der Waals surface area (Å²) in [7, 11) is -2.16. The van der Waals surface area contributed by atoms with Crippen molar-refractivity contribution in [1.29, 1.82) is 0 Å². The number of rotatable bonds is 7. The first kappa shape index (κ1) is 21.7. The van der Waals surface area contributed by atoms with Gasteiger partial charge in [0.1, 0.15) is 6.61 Å². The Kier molecular flexibility index (Phi) is 6.97. The van der Waals surface area contributed by atoms with E-state index in [1.807, 2.05) is 13.1 Å². The molecule has 1 atom stereocenters. The van der Waals surface area contributed by atoms with Gasteiger partial charge in [-0.3, -0.25) is 10.1 Å². The van der Waals surface area contributed by atoms with Crippen LogP contribution in [-0.4, -0.2) is 35.8 Å². The molecule has 26 heavy (non-hydrogen) atoms. The fourth-order valence-electron chi connectivity index (χ4n) is 1.90. The minimum Gasteiger partial charge on any atom is -0.452 e. The molecule has 0 aliphatic heterocycles. The van der Waals surface area contributed by atoms with Gasteiger partial charge in [-0.2, -0.15) is 4.79 Å². The second-order valence-electron chi connectivity index (χ2n) is 7.51. The molecular weight excluding hydrogens is 354 g/mol. The highest BCUT2D eigenvalue weighted by Crippen LogP contribution is 2.37. The lowest BCUT2D eigenvalue weighted by Crippen LogP contribution is -2.46. The number of nitro benzene ring substituents is 1. The standard InChI is InChI=1S/C17H25N3O5Si/c1-12(25-26(5,6)17(2,3)4)15(19-18)16(21)24-11-13-7-9-14(10-8-13)20(22)23/h7-10,12H,11H2,1-6H3. The van der Waals surface area contributed by atoms with Gasteiger partial charge in [0.2, 0.25) is 0 Å². The van der Waals surface area contributed by atoms with Crippen LogP contribution in [0.25, 0.3) is 5.53 Å². The number of nitrogens with zero attached hydrogens (tertiary/aromatic N) is 3. The van der Waals surface area contributed by atoms with E-state index in [0.717, 1.165) is 0 Å². The molecule has 0 aliphatic rings. The van der Waals surface area contributed by atoms with E-state index in [1.54, 1.807) is 6.92 Å². The summed E-state index contributed by atoms with van der Waals surface area (Å²) < 4.78 is 11.2. The van der Waals surface area contributed by atoms with Gasteiger partial charge in [-0.1, -0.05) is 20.8 Å². The number of hydrogen-bond acceptors (Lipinski definition) is 5. The zero-order chi connectivity index (χ0) is 20.1. The molecule has 0 spiro atoms. The Morgan fingerprint density at radius 2 is 1.85 bits per heavy atom. The van der Waals surface area contributed by atoms with Crippen LogP contribution < -0.4 is 0 Å². The van der Waals surface area contributed by atoms with Crippen LogP contribution in [0.5, 0.6) is 0 Å². The Morgan fingerprint density at radius 1 is 1.31 bits per heavy atom. The van der Waals surface area contributed by atoms with Gasteiger partial charge in [-0.05, 0) is 42.8 Å². The quantitative estimate of drug-likeness (QED) is 0.136. The van der Waals surface area contributed by atoms with Crippen LogP contribution >= 0.6 is 0 Å². The van der Waals surface area contributed by atoms with Crippen LogP contribution in [0.1, 0.15) is 33.3 Å².